The molecule has 1 aromatic rings. The van der Waals surface area contributed by atoms with E-state index < -0.39 is 0 Å². The molecule has 0 saturated heterocycles. The number of anilines is 1. The number of hydrogen-bond acceptors (Lipinski definition) is 2. The summed E-state index contributed by atoms with van der Waals surface area (Å²) in [4.78, 5) is 0. The molecule has 1 aliphatic rings. The van der Waals surface area contributed by atoms with E-state index >= 15 is 0 Å². The Morgan fingerprint density at radius 3 is 2.86 bits per heavy atom. The molecule has 1 fully saturated rings. The van der Waals surface area contributed by atoms with Crippen LogP contribution in [0.1, 0.15) is 33.1 Å². The van der Waals surface area contributed by atoms with Gasteiger partial charge in [0.2, 0.25) is 0 Å². The number of aromatic nitrogens is 2. The molecule has 2 rings (SSSR count). The van der Waals surface area contributed by atoms with E-state index in [1.807, 2.05) is 24.1 Å². The van der Waals surface area contributed by atoms with Crippen molar-refractivity contribution in [3.63, 3.8) is 0 Å². The van der Waals surface area contributed by atoms with E-state index in [0.29, 0.717) is 11.5 Å². The van der Waals surface area contributed by atoms with Crippen molar-refractivity contribution < 1.29 is 0 Å². The highest BCUT2D eigenvalue weighted by Crippen LogP contribution is 2.38. The average Bonchev–Trinajstić information content (AvgIpc) is 2.61. The summed E-state index contributed by atoms with van der Waals surface area (Å²) < 4.78 is 1.84. The quantitative estimate of drug-likeness (QED) is 0.781. The van der Waals surface area contributed by atoms with Crippen LogP contribution in [0.4, 0.5) is 5.69 Å². The molecule has 3 heteroatoms. The van der Waals surface area contributed by atoms with E-state index in [0.717, 1.165) is 5.69 Å². The van der Waals surface area contributed by atoms with Gasteiger partial charge in [0.05, 0.1) is 11.9 Å². The predicted molar refractivity (Wildman–Crippen MR) is 58.3 cm³/mol. The van der Waals surface area contributed by atoms with E-state index in [4.69, 9.17) is 0 Å². The third kappa shape index (κ3) is 1.76. The lowest BCUT2D eigenvalue weighted by Crippen LogP contribution is -2.30. The molecule has 0 aliphatic heterocycles. The molecule has 1 aliphatic carbocycles. The van der Waals surface area contributed by atoms with Crippen LogP contribution in [0.15, 0.2) is 12.4 Å². The lowest BCUT2D eigenvalue weighted by Gasteiger charge is -2.28. The molecular formula is C11H19N3. The molecule has 3 nitrogen and oxygen atoms in total. The van der Waals surface area contributed by atoms with Gasteiger partial charge in [-0.05, 0) is 18.3 Å². The number of hydrogen-bond donors (Lipinski definition) is 1. The fraction of sp³-hybridized carbons (Fsp3) is 0.727. The summed E-state index contributed by atoms with van der Waals surface area (Å²) in [6.45, 7) is 4.68. The van der Waals surface area contributed by atoms with Crippen molar-refractivity contribution in [2.75, 3.05) is 5.32 Å². The number of nitrogens with zero attached hydrogens (tertiary/aromatic N) is 2. The minimum atomic E-state index is 0.426. The van der Waals surface area contributed by atoms with E-state index in [1.165, 1.54) is 19.3 Å². The van der Waals surface area contributed by atoms with Crippen molar-refractivity contribution in [3.05, 3.63) is 12.4 Å². The highest BCUT2D eigenvalue weighted by molar-refractivity contribution is 5.40. The summed E-state index contributed by atoms with van der Waals surface area (Å²) in [6.07, 6.45) is 7.88. The molecule has 0 aromatic carbocycles. The van der Waals surface area contributed by atoms with Gasteiger partial charge in [0.25, 0.3) is 0 Å². The van der Waals surface area contributed by atoms with Gasteiger partial charge < -0.3 is 5.32 Å². The molecule has 0 amide bonds. The molecule has 0 radical (unpaired) electrons. The fourth-order valence-corrected chi connectivity index (χ4v) is 2.29. The van der Waals surface area contributed by atoms with Crippen molar-refractivity contribution >= 4 is 5.69 Å². The summed E-state index contributed by atoms with van der Waals surface area (Å²) in [5, 5.41) is 7.73. The molecule has 0 bridgehead atoms. The second-order valence-electron chi connectivity index (χ2n) is 4.98. The molecule has 1 saturated carbocycles. The van der Waals surface area contributed by atoms with E-state index in [1.54, 1.807) is 0 Å². The molecule has 0 spiro atoms. The Balaban J connectivity index is 2.04. The molecule has 1 unspecified atom stereocenters. The van der Waals surface area contributed by atoms with Crippen LogP contribution in [-0.4, -0.2) is 15.8 Å². The first-order chi connectivity index (χ1) is 6.58. The zero-order valence-corrected chi connectivity index (χ0v) is 9.25. The third-order valence-corrected chi connectivity index (χ3v) is 3.30. The van der Waals surface area contributed by atoms with Crippen LogP contribution in [0, 0.1) is 5.41 Å². The van der Waals surface area contributed by atoms with Gasteiger partial charge in [0, 0.05) is 19.3 Å². The topological polar surface area (TPSA) is 29.9 Å². The summed E-state index contributed by atoms with van der Waals surface area (Å²) in [6, 6.07) is 0.603. The lowest BCUT2D eigenvalue weighted by atomic mass is 9.87. The lowest BCUT2D eigenvalue weighted by molar-refractivity contribution is 0.350. The molecule has 14 heavy (non-hydrogen) atoms. The molecule has 1 N–H and O–H groups in total. The van der Waals surface area contributed by atoms with Crippen molar-refractivity contribution in [2.45, 2.75) is 39.2 Å². The maximum atomic E-state index is 4.16. The van der Waals surface area contributed by atoms with Crippen molar-refractivity contribution in [2.24, 2.45) is 12.5 Å². The fourth-order valence-electron chi connectivity index (χ4n) is 2.29. The van der Waals surface area contributed by atoms with E-state index in [-0.39, 0.29) is 0 Å². The van der Waals surface area contributed by atoms with Gasteiger partial charge in [0.1, 0.15) is 0 Å². The van der Waals surface area contributed by atoms with Crippen LogP contribution >= 0.6 is 0 Å². The Morgan fingerprint density at radius 2 is 2.36 bits per heavy atom. The van der Waals surface area contributed by atoms with Gasteiger partial charge in [-0.2, -0.15) is 5.10 Å². The largest absolute Gasteiger partial charge is 0.379 e. The summed E-state index contributed by atoms with van der Waals surface area (Å²) in [7, 11) is 1.95. The highest BCUT2D eigenvalue weighted by atomic mass is 15.3. The molecule has 78 valence electrons. The van der Waals surface area contributed by atoms with Crippen LogP contribution in [-0.2, 0) is 7.05 Å². The summed E-state index contributed by atoms with van der Waals surface area (Å²) >= 11 is 0. The Kier molecular flexibility index (Phi) is 2.25. The van der Waals surface area contributed by atoms with Crippen molar-refractivity contribution in [1.82, 2.24) is 9.78 Å². The molecule has 1 atom stereocenters. The maximum Gasteiger partial charge on any atom is 0.0728 e. The average molecular weight is 193 g/mol. The second-order valence-corrected chi connectivity index (χ2v) is 4.98. The standard InChI is InChI=1S/C11H19N3/c1-11(2)6-4-5-10(11)13-9-7-12-14(3)8-9/h7-8,10,13H,4-6H2,1-3H3. The minimum Gasteiger partial charge on any atom is -0.379 e. The molecule has 1 aromatic heterocycles. The second kappa shape index (κ2) is 3.30. The minimum absolute atomic E-state index is 0.426. The normalized spacial score (nSPS) is 25.2. The van der Waals surface area contributed by atoms with Gasteiger partial charge in [-0.15, -0.1) is 0 Å². The Hall–Kier alpha value is -0.990. The SMILES string of the molecule is Cn1cc(NC2CCCC2(C)C)cn1. The zero-order valence-electron chi connectivity index (χ0n) is 9.25. The monoisotopic (exact) mass is 193 g/mol. The summed E-state index contributed by atoms with van der Waals surface area (Å²) in [5.41, 5.74) is 1.57. The van der Waals surface area contributed by atoms with Crippen LogP contribution in [0.5, 0.6) is 0 Å². The molecular weight excluding hydrogens is 174 g/mol. The molecule has 1 heterocycles. The number of nitrogens with one attached hydrogen (secondary N) is 1. The predicted octanol–water partition coefficient (Wildman–Crippen LogP) is 2.41. The van der Waals surface area contributed by atoms with E-state index in [2.05, 4.69) is 24.3 Å². The summed E-state index contributed by atoms with van der Waals surface area (Å²) in [5.74, 6) is 0. The van der Waals surface area contributed by atoms with Crippen LogP contribution < -0.4 is 5.32 Å². The first-order valence-electron chi connectivity index (χ1n) is 5.33. The smallest absolute Gasteiger partial charge is 0.0728 e. The Bertz CT molecular complexity index is 314. The highest BCUT2D eigenvalue weighted by Gasteiger charge is 2.34. The number of rotatable bonds is 2. The van der Waals surface area contributed by atoms with E-state index in [9.17, 15) is 0 Å². The zero-order chi connectivity index (χ0) is 10.2. The first kappa shape index (κ1) is 9.56. The van der Waals surface area contributed by atoms with Gasteiger partial charge in [-0.3, -0.25) is 4.68 Å². The van der Waals surface area contributed by atoms with Crippen LogP contribution in [0.2, 0.25) is 0 Å². The van der Waals surface area contributed by atoms with Gasteiger partial charge >= 0.3 is 0 Å². The van der Waals surface area contributed by atoms with Crippen molar-refractivity contribution in [1.29, 1.82) is 0 Å². The first-order valence-corrected chi connectivity index (χ1v) is 5.33. The Morgan fingerprint density at radius 1 is 1.57 bits per heavy atom. The maximum absolute atomic E-state index is 4.16. The van der Waals surface area contributed by atoms with Crippen LogP contribution in [0.3, 0.4) is 0 Å². The van der Waals surface area contributed by atoms with Gasteiger partial charge in [-0.1, -0.05) is 20.3 Å². The number of aryl methyl sites for hydroxylation is 1. The third-order valence-electron chi connectivity index (χ3n) is 3.30. The van der Waals surface area contributed by atoms with Gasteiger partial charge in [-0.25, -0.2) is 0 Å². The van der Waals surface area contributed by atoms with Crippen molar-refractivity contribution in [3.8, 4) is 0 Å². The Labute approximate surface area is 85.5 Å². The van der Waals surface area contributed by atoms with Crippen LogP contribution in [0.25, 0.3) is 0 Å². The van der Waals surface area contributed by atoms with Gasteiger partial charge in [0.15, 0.2) is 0 Å².